The second-order valence-corrected chi connectivity index (χ2v) is 18.8. The molecule has 0 unspecified atom stereocenters. The topological polar surface area (TPSA) is 0 Å². The molecule has 0 aliphatic rings. The summed E-state index contributed by atoms with van der Waals surface area (Å²) in [6.45, 7) is 4.41. The van der Waals surface area contributed by atoms with E-state index in [-0.39, 0.29) is 14.5 Å². The van der Waals surface area contributed by atoms with E-state index in [1.54, 1.807) is 0 Å². The fourth-order valence-electron chi connectivity index (χ4n) is 8.72. The van der Waals surface area contributed by atoms with Gasteiger partial charge < -0.3 is 0 Å². The summed E-state index contributed by atoms with van der Waals surface area (Å²) in [6.07, 6.45) is 0. The summed E-state index contributed by atoms with van der Waals surface area (Å²) in [5, 5.41) is 13.3. The van der Waals surface area contributed by atoms with Crippen molar-refractivity contribution in [3.05, 3.63) is 167 Å². The normalized spacial score (nSPS) is 12.0. The Hall–Kier alpha value is -5.28. The molecule has 0 fully saturated rings. The molecule has 3 aromatic heterocycles. The number of hydrogen-bond acceptors (Lipinski definition) is 2. The minimum absolute atomic E-state index is 0.226. The van der Waals surface area contributed by atoms with E-state index in [9.17, 15) is 0 Å². The molecule has 0 saturated heterocycles. The van der Waals surface area contributed by atoms with Crippen LogP contribution in [0.25, 0.3) is 106 Å². The SMILES string of the molecule is Cc1ccc(-c2c3ccccc3c(-c3ccc4[se]c5cccc(-c6c7ccccc7c(-c7ccc(C)s7)c7ccccc67)c5c4c3)c3ccccc23)s1. The van der Waals surface area contributed by atoms with Crippen molar-refractivity contribution < 1.29 is 0 Å². The first-order valence-electron chi connectivity index (χ1n) is 18.1. The van der Waals surface area contributed by atoms with Gasteiger partial charge in [-0.2, -0.15) is 0 Å². The molecule has 53 heavy (non-hydrogen) atoms. The molecule has 0 aliphatic heterocycles. The van der Waals surface area contributed by atoms with Gasteiger partial charge in [0.2, 0.25) is 0 Å². The fraction of sp³-hybridized carbons (Fsp3) is 0.0400. The third kappa shape index (κ3) is 4.79. The maximum absolute atomic E-state index is 2.52. The van der Waals surface area contributed by atoms with Crippen molar-refractivity contribution in [2.45, 2.75) is 13.8 Å². The summed E-state index contributed by atoms with van der Waals surface area (Å²) in [4.78, 5) is 5.34. The van der Waals surface area contributed by atoms with Crippen molar-refractivity contribution in [1.29, 1.82) is 0 Å². The Labute approximate surface area is 322 Å². The number of thiophene rings is 2. The third-order valence-corrected chi connectivity index (χ3v) is 15.3. The number of benzene rings is 8. The van der Waals surface area contributed by atoms with Crippen molar-refractivity contribution in [2.75, 3.05) is 0 Å². The zero-order valence-electron chi connectivity index (χ0n) is 29.2. The average Bonchev–Trinajstić information content (AvgIpc) is 3.93. The molecule has 0 amide bonds. The van der Waals surface area contributed by atoms with Gasteiger partial charge in [-0.15, -0.1) is 0 Å². The van der Waals surface area contributed by atoms with Crippen LogP contribution >= 0.6 is 22.7 Å². The molecule has 3 heterocycles. The van der Waals surface area contributed by atoms with Crippen LogP contribution in [0.1, 0.15) is 9.75 Å². The van der Waals surface area contributed by atoms with Crippen LogP contribution in [0, 0.1) is 13.8 Å². The maximum atomic E-state index is 2.52. The first kappa shape index (κ1) is 31.3. The van der Waals surface area contributed by atoms with E-state index in [1.165, 1.54) is 115 Å². The molecule has 0 spiro atoms. The van der Waals surface area contributed by atoms with Crippen LogP contribution in [0.15, 0.2) is 158 Å². The Morgan fingerprint density at radius 1 is 0.358 bits per heavy atom. The van der Waals surface area contributed by atoms with Crippen LogP contribution in [-0.4, -0.2) is 14.5 Å². The Balaban J connectivity index is 1.23. The van der Waals surface area contributed by atoms with Crippen molar-refractivity contribution in [2.24, 2.45) is 0 Å². The first-order valence-corrected chi connectivity index (χ1v) is 21.4. The first-order chi connectivity index (χ1) is 26.1. The summed E-state index contributed by atoms with van der Waals surface area (Å²) >= 11 is 4.00. The quantitative estimate of drug-likeness (QED) is 0.123. The van der Waals surface area contributed by atoms with E-state index in [4.69, 9.17) is 0 Å². The van der Waals surface area contributed by atoms with Gasteiger partial charge >= 0.3 is 324 Å². The van der Waals surface area contributed by atoms with Crippen LogP contribution < -0.4 is 0 Å². The third-order valence-electron chi connectivity index (χ3n) is 10.9. The molecule has 0 atom stereocenters. The molecule has 0 saturated carbocycles. The molecule has 0 radical (unpaired) electrons. The minimum atomic E-state index is 0.226. The van der Waals surface area contributed by atoms with Crippen molar-refractivity contribution >= 4 is 99.6 Å². The molecule has 8 aromatic carbocycles. The molecule has 11 aromatic rings. The molecular formula is C50H32S2Se. The average molecular weight is 776 g/mol. The monoisotopic (exact) mass is 776 g/mol. The van der Waals surface area contributed by atoms with E-state index >= 15 is 0 Å². The van der Waals surface area contributed by atoms with Gasteiger partial charge in [-0.05, 0) is 0 Å². The molecule has 0 aliphatic carbocycles. The number of fused-ring (bicyclic) bond motifs is 7. The van der Waals surface area contributed by atoms with Gasteiger partial charge in [0, 0.05) is 0 Å². The summed E-state index contributed by atoms with van der Waals surface area (Å²) in [5.41, 5.74) is 7.96. The fourth-order valence-corrected chi connectivity index (χ4v) is 12.9. The van der Waals surface area contributed by atoms with Crippen LogP contribution in [0.5, 0.6) is 0 Å². The molecule has 0 nitrogen and oxygen atoms in total. The van der Waals surface area contributed by atoms with Gasteiger partial charge in [0.25, 0.3) is 0 Å². The Bertz CT molecular complexity index is 3150. The number of hydrogen-bond donors (Lipinski definition) is 0. The summed E-state index contributed by atoms with van der Waals surface area (Å²) < 4.78 is 2.92. The second-order valence-electron chi connectivity index (χ2n) is 14.0. The number of rotatable bonds is 4. The van der Waals surface area contributed by atoms with Crippen LogP contribution in [-0.2, 0) is 0 Å². The van der Waals surface area contributed by atoms with Crippen molar-refractivity contribution in [1.82, 2.24) is 0 Å². The van der Waals surface area contributed by atoms with E-state index in [0.29, 0.717) is 0 Å². The van der Waals surface area contributed by atoms with Gasteiger partial charge in [0.15, 0.2) is 0 Å². The van der Waals surface area contributed by atoms with E-state index in [1.807, 2.05) is 22.7 Å². The summed E-state index contributed by atoms with van der Waals surface area (Å²) in [5.74, 6) is 0. The van der Waals surface area contributed by atoms with Crippen LogP contribution in [0.2, 0.25) is 0 Å². The summed E-state index contributed by atoms with van der Waals surface area (Å²) in [7, 11) is 0. The predicted octanol–water partition coefficient (Wildman–Crippen LogP) is 15.1. The van der Waals surface area contributed by atoms with E-state index < -0.39 is 0 Å². The zero-order chi connectivity index (χ0) is 35.2. The van der Waals surface area contributed by atoms with Gasteiger partial charge in [-0.3, -0.25) is 0 Å². The Kier molecular flexibility index (Phi) is 7.16. The Morgan fingerprint density at radius 3 is 1.26 bits per heavy atom. The zero-order valence-corrected chi connectivity index (χ0v) is 32.6. The predicted molar refractivity (Wildman–Crippen MR) is 235 cm³/mol. The van der Waals surface area contributed by atoms with Crippen molar-refractivity contribution in [3.63, 3.8) is 0 Å². The summed E-state index contributed by atoms with van der Waals surface area (Å²) in [6, 6.07) is 59.7. The van der Waals surface area contributed by atoms with Gasteiger partial charge in [-0.25, -0.2) is 0 Å². The molecular weight excluding hydrogens is 744 g/mol. The van der Waals surface area contributed by atoms with Gasteiger partial charge in [-0.1, -0.05) is 0 Å². The van der Waals surface area contributed by atoms with Gasteiger partial charge in [0.05, 0.1) is 0 Å². The van der Waals surface area contributed by atoms with E-state index in [0.717, 1.165) is 0 Å². The standard InChI is InChI=1S/C50H32S2Se/c1-29-22-25-42(51-29)48-36-16-7-3-12-32(36)46(33-13-4-8-17-37(33)48)31-24-27-44-41(28-31)50-40(20-11-21-45(50)53-44)47-34-14-5-9-18-38(34)49(43-26-23-30(2)52-43)39-19-10-6-15-35(39)47/h3-28H,1-2H3. The molecule has 0 bridgehead atoms. The second kappa shape index (κ2) is 12.1. The number of aryl methyl sites for hydroxylation is 2. The van der Waals surface area contributed by atoms with Crippen molar-refractivity contribution in [3.8, 4) is 43.1 Å². The van der Waals surface area contributed by atoms with Crippen LogP contribution in [0.3, 0.4) is 0 Å². The molecule has 0 N–H and O–H groups in total. The Morgan fingerprint density at radius 2 is 0.811 bits per heavy atom. The molecule has 11 rings (SSSR count). The molecule has 3 heteroatoms. The van der Waals surface area contributed by atoms with E-state index in [2.05, 4.69) is 172 Å². The van der Waals surface area contributed by atoms with Crippen LogP contribution in [0.4, 0.5) is 0 Å². The van der Waals surface area contributed by atoms with Gasteiger partial charge in [0.1, 0.15) is 0 Å². The molecule has 250 valence electrons.